The summed E-state index contributed by atoms with van der Waals surface area (Å²) in [7, 11) is -4.19. The minimum atomic E-state index is -4.19. The number of hydrogen-bond donors (Lipinski definition) is 2. The lowest BCUT2D eigenvalue weighted by atomic mass is 10.0. The van der Waals surface area contributed by atoms with Crippen molar-refractivity contribution in [1.29, 1.82) is 0 Å². The van der Waals surface area contributed by atoms with Gasteiger partial charge in [0.1, 0.15) is 22.5 Å². The van der Waals surface area contributed by atoms with Crippen LogP contribution in [0.5, 0.6) is 0 Å². The summed E-state index contributed by atoms with van der Waals surface area (Å²) in [6.45, 7) is 0.159. The van der Waals surface area contributed by atoms with Gasteiger partial charge >= 0.3 is 0 Å². The minimum absolute atomic E-state index is 0.159. The van der Waals surface area contributed by atoms with Gasteiger partial charge in [-0.2, -0.15) is 0 Å². The molecule has 5 atom stereocenters. The Labute approximate surface area is 268 Å². The average molecular weight is 679 g/mol. The molecule has 4 fully saturated rings. The summed E-state index contributed by atoms with van der Waals surface area (Å²) in [5.41, 5.74) is 1.66. The second-order valence-electron chi connectivity index (χ2n) is 12.2. The summed E-state index contributed by atoms with van der Waals surface area (Å²) in [4.78, 5) is 27.7. The number of rotatable bonds is 9. The van der Waals surface area contributed by atoms with E-state index in [0.717, 1.165) is 30.2 Å². The number of piperidine rings is 1. The summed E-state index contributed by atoms with van der Waals surface area (Å²) in [5.74, 6) is -1.76. The van der Waals surface area contributed by atoms with Crippen molar-refractivity contribution in [3.63, 3.8) is 0 Å². The lowest BCUT2D eigenvalue weighted by Gasteiger charge is -2.31. The molecule has 3 aromatic rings. The zero-order valence-corrected chi connectivity index (χ0v) is 26.2. The highest BCUT2D eigenvalue weighted by Gasteiger charge is 2.52. The summed E-state index contributed by atoms with van der Waals surface area (Å²) in [6, 6.07) is 8.64. The molecule has 10 nitrogen and oxygen atoms in total. The zero-order valence-electron chi connectivity index (χ0n) is 23.9. The number of hydrogen-bond acceptors (Lipinski definition) is 8. The van der Waals surface area contributed by atoms with Crippen LogP contribution in [0.1, 0.15) is 72.5 Å². The zero-order chi connectivity index (χ0) is 31.6. The van der Waals surface area contributed by atoms with E-state index < -0.39 is 44.6 Å². The Morgan fingerprint density at radius 1 is 1.13 bits per heavy atom. The Balaban J connectivity index is 1.04. The fraction of sp³-hybridized carbons (Fsp3) is 0.452. The first kappa shape index (κ1) is 30.6. The minimum Gasteiger partial charge on any atom is -0.392 e. The van der Waals surface area contributed by atoms with E-state index in [9.17, 15) is 23.1 Å². The normalized spacial score (nSPS) is 26.2. The van der Waals surface area contributed by atoms with Gasteiger partial charge in [-0.1, -0.05) is 34.4 Å². The number of fused-ring (bicyclic) bond motifs is 2. The molecule has 14 heteroatoms. The molecule has 0 unspecified atom stereocenters. The van der Waals surface area contributed by atoms with Crippen LogP contribution >= 0.6 is 23.2 Å². The third-order valence-corrected chi connectivity index (χ3v) is 11.8. The molecule has 2 bridgehead atoms. The van der Waals surface area contributed by atoms with Gasteiger partial charge < -0.3 is 19.3 Å². The molecule has 1 aromatic heterocycles. The molecule has 0 radical (unpaired) electrons. The van der Waals surface area contributed by atoms with E-state index >= 15 is 4.39 Å². The topological polar surface area (TPSA) is 139 Å². The Kier molecular flexibility index (Phi) is 7.92. The maximum atomic E-state index is 15.1. The van der Waals surface area contributed by atoms with Crippen molar-refractivity contribution >= 4 is 50.7 Å². The van der Waals surface area contributed by atoms with Gasteiger partial charge in [0.2, 0.25) is 15.9 Å². The number of halogens is 3. The van der Waals surface area contributed by atoms with Crippen molar-refractivity contribution in [3.8, 4) is 11.3 Å². The van der Waals surface area contributed by atoms with E-state index in [0.29, 0.717) is 47.0 Å². The molecular weight excluding hydrogens is 648 g/mol. The lowest BCUT2D eigenvalue weighted by Crippen LogP contribution is -2.43. The third kappa shape index (κ3) is 5.54. The molecule has 238 valence electrons. The van der Waals surface area contributed by atoms with Gasteiger partial charge in [0.25, 0.3) is 5.91 Å². The number of nitrogens with one attached hydrogen (secondary N) is 1. The fourth-order valence-corrected chi connectivity index (χ4v) is 9.05. The van der Waals surface area contributed by atoms with E-state index in [-0.39, 0.29) is 42.7 Å². The molecule has 2 N–H and O–H groups in total. The first-order valence-electron chi connectivity index (χ1n) is 14.9. The number of anilines is 1. The third-order valence-electron chi connectivity index (χ3n) is 9.33. The first-order chi connectivity index (χ1) is 21.5. The van der Waals surface area contributed by atoms with Crippen LogP contribution in [-0.2, 0) is 26.2 Å². The molecule has 3 aliphatic carbocycles. The largest absolute Gasteiger partial charge is 0.392 e. The quantitative estimate of drug-likeness (QED) is 0.309. The number of benzene rings is 2. The number of nitrogens with zero attached hydrogens (tertiary/aromatic N) is 2. The SMILES string of the molecule is O=C(NS(=O)(=O)[C@@H]1CCC[C@H]1O)c1ccc(N2C(=O)[C@@H]3C[C@H]2C[C@H]3OCc2c(-c3c(Cl)cccc3Cl)noc2C2CC2)cc1F. The van der Waals surface area contributed by atoms with Crippen molar-refractivity contribution in [1.82, 2.24) is 9.88 Å². The molecule has 3 saturated carbocycles. The summed E-state index contributed by atoms with van der Waals surface area (Å²) in [5, 5.41) is 14.0. The summed E-state index contributed by atoms with van der Waals surface area (Å²) < 4.78 is 54.2. The molecule has 45 heavy (non-hydrogen) atoms. The highest BCUT2D eigenvalue weighted by atomic mass is 35.5. The smallest absolute Gasteiger partial charge is 0.267 e. The number of aromatic nitrogens is 1. The molecule has 1 aliphatic heterocycles. The van der Waals surface area contributed by atoms with Crippen LogP contribution in [0.2, 0.25) is 10.0 Å². The second kappa shape index (κ2) is 11.6. The number of amides is 2. The number of ether oxygens (including phenoxy) is 1. The number of carbonyl (C=O) groups excluding carboxylic acids is 2. The van der Waals surface area contributed by atoms with Crippen LogP contribution in [0.3, 0.4) is 0 Å². The molecular formula is C31H30Cl2FN3O7S. The Bertz CT molecular complexity index is 1780. The van der Waals surface area contributed by atoms with Crippen molar-refractivity contribution in [2.24, 2.45) is 5.92 Å². The van der Waals surface area contributed by atoms with Gasteiger partial charge in [-0.15, -0.1) is 0 Å². The highest BCUT2D eigenvalue weighted by Crippen LogP contribution is 2.48. The van der Waals surface area contributed by atoms with E-state index in [1.165, 1.54) is 17.0 Å². The van der Waals surface area contributed by atoms with Gasteiger partial charge in [0.05, 0.1) is 40.3 Å². The first-order valence-corrected chi connectivity index (χ1v) is 17.2. The molecule has 2 heterocycles. The molecule has 7 rings (SSSR count). The van der Waals surface area contributed by atoms with Crippen molar-refractivity contribution in [2.75, 3.05) is 4.90 Å². The van der Waals surface area contributed by atoms with Crippen LogP contribution < -0.4 is 9.62 Å². The Morgan fingerprint density at radius 3 is 2.53 bits per heavy atom. The van der Waals surface area contributed by atoms with Gasteiger partial charge in [0, 0.05) is 28.8 Å². The standard InChI is InChI=1S/C31H30Cl2FN3O7S/c32-21-3-1-4-22(33)27(21)28-20(29(44-35-28)15-7-8-15)14-43-25-13-17-11-19(25)31(40)37(17)16-9-10-18(23(34)12-16)30(39)36-45(41,42)26-6-2-5-24(26)38/h1,3-4,9-10,12,15,17,19,24-26,38H,2,5-8,11,13-14H2,(H,36,39)/t17-,19+,24+,25+,26+/m0/s1. The monoisotopic (exact) mass is 677 g/mol. The predicted octanol–water partition coefficient (Wildman–Crippen LogP) is 5.35. The van der Waals surface area contributed by atoms with E-state index in [1.807, 2.05) is 4.72 Å². The number of sulfonamides is 1. The second-order valence-corrected chi connectivity index (χ2v) is 14.9. The maximum absolute atomic E-state index is 15.1. The molecule has 1 saturated heterocycles. The number of carbonyl (C=O) groups is 2. The fourth-order valence-electron chi connectivity index (χ4n) is 6.93. The van der Waals surface area contributed by atoms with E-state index in [2.05, 4.69) is 5.16 Å². The van der Waals surface area contributed by atoms with Gasteiger partial charge in [0.15, 0.2) is 0 Å². The van der Waals surface area contributed by atoms with Gasteiger partial charge in [-0.3, -0.25) is 9.59 Å². The van der Waals surface area contributed by atoms with E-state index in [4.69, 9.17) is 32.5 Å². The highest BCUT2D eigenvalue weighted by molar-refractivity contribution is 7.90. The molecule has 2 aromatic carbocycles. The van der Waals surface area contributed by atoms with E-state index in [1.54, 1.807) is 18.2 Å². The molecule has 4 aliphatic rings. The van der Waals surface area contributed by atoms with Crippen LogP contribution in [0, 0.1) is 11.7 Å². The summed E-state index contributed by atoms with van der Waals surface area (Å²) >= 11 is 12.9. The van der Waals surface area contributed by atoms with Gasteiger partial charge in [-0.05, 0) is 75.3 Å². The lowest BCUT2D eigenvalue weighted by molar-refractivity contribution is -0.126. The van der Waals surface area contributed by atoms with Crippen molar-refractivity contribution < 1.29 is 36.8 Å². The summed E-state index contributed by atoms with van der Waals surface area (Å²) in [6.07, 6.45) is 2.61. The van der Waals surface area contributed by atoms with Gasteiger partial charge in [-0.25, -0.2) is 17.5 Å². The Morgan fingerprint density at radius 2 is 1.89 bits per heavy atom. The van der Waals surface area contributed by atoms with Crippen LogP contribution in [0.4, 0.5) is 10.1 Å². The predicted molar refractivity (Wildman–Crippen MR) is 163 cm³/mol. The van der Waals surface area contributed by atoms with Crippen LogP contribution in [0.15, 0.2) is 40.9 Å². The Hall–Kier alpha value is -3.03. The van der Waals surface area contributed by atoms with Crippen molar-refractivity contribution in [2.45, 2.75) is 81.0 Å². The molecule has 2 amide bonds. The van der Waals surface area contributed by atoms with Crippen LogP contribution in [-0.4, -0.2) is 54.0 Å². The molecule has 0 spiro atoms. The van der Waals surface area contributed by atoms with Crippen molar-refractivity contribution in [3.05, 3.63) is 69.1 Å². The average Bonchev–Trinajstić information content (AvgIpc) is 3.26. The number of aliphatic hydroxyl groups is 1. The number of aliphatic hydroxyl groups excluding tert-OH is 1. The maximum Gasteiger partial charge on any atom is 0.267 e. The van der Waals surface area contributed by atoms with Crippen LogP contribution in [0.25, 0.3) is 11.3 Å².